The van der Waals surface area contributed by atoms with Crippen LogP contribution in [-0.2, 0) is 6.54 Å². The zero-order valence-electron chi connectivity index (χ0n) is 12.7. The van der Waals surface area contributed by atoms with Gasteiger partial charge in [0.15, 0.2) is 0 Å². The van der Waals surface area contributed by atoms with Crippen molar-refractivity contribution < 1.29 is 14.8 Å². The summed E-state index contributed by atoms with van der Waals surface area (Å²) in [5.41, 5.74) is 1.32. The lowest BCUT2D eigenvalue weighted by Crippen LogP contribution is -2.33. The van der Waals surface area contributed by atoms with Crippen molar-refractivity contribution in [1.29, 1.82) is 0 Å². The average Bonchev–Trinajstić information content (AvgIpc) is 2.54. The van der Waals surface area contributed by atoms with Gasteiger partial charge in [-0.05, 0) is 30.2 Å². The number of rotatable bonds is 6. The Morgan fingerprint density at radius 3 is 2.78 bits per heavy atom. The summed E-state index contributed by atoms with van der Waals surface area (Å²) < 4.78 is 0. The molecule has 0 bridgehead atoms. The van der Waals surface area contributed by atoms with Crippen LogP contribution in [-0.4, -0.2) is 39.0 Å². The molecule has 7 nitrogen and oxygen atoms in total. The van der Waals surface area contributed by atoms with Crippen LogP contribution in [0.1, 0.15) is 21.5 Å². The van der Waals surface area contributed by atoms with Gasteiger partial charge >= 0.3 is 0 Å². The zero-order chi connectivity index (χ0) is 16.8. The van der Waals surface area contributed by atoms with Crippen LogP contribution in [0.2, 0.25) is 0 Å². The summed E-state index contributed by atoms with van der Waals surface area (Å²) in [5.74, 6) is -0.488. The fourth-order valence-electron chi connectivity index (χ4n) is 2.24. The third-order valence-corrected chi connectivity index (χ3v) is 3.33. The molecule has 0 aliphatic rings. The van der Waals surface area contributed by atoms with E-state index in [9.17, 15) is 20.0 Å². The van der Waals surface area contributed by atoms with Crippen LogP contribution in [0.15, 0.2) is 42.7 Å². The van der Waals surface area contributed by atoms with Crippen LogP contribution in [0.3, 0.4) is 0 Å². The van der Waals surface area contributed by atoms with Gasteiger partial charge in [0.25, 0.3) is 11.6 Å². The molecule has 0 atom stereocenters. The molecule has 23 heavy (non-hydrogen) atoms. The second-order valence-electron chi connectivity index (χ2n) is 5.09. The molecule has 1 aromatic carbocycles. The summed E-state index contributed by atoms with van der Waals surface area (Å²) in [5, 5.41) is 20.4. The number of nitro groups is 1. The number of aromatic nitrogens is 1. The minimum atomic E-state index is -0.576. The second-order valence-corrected chi connectivity index (χ2v) is 5.09. The van der Waals surface area contributed by atoms with E-state index in [1.54, 1.807) is 37.5 Å². The predicted octanol–water partition coefficient (Wildman–Crippen LogP) is 1.93. The summed E-state index contributed by atoms with van der Waals surface area (Å²) in [4.78, 5) is 28.6. The SMILES string of the molecule is Cc1ccc([N+](=O)[O-])c(C(=O)N(CCO)Cc2cccnc2)c1. The lowest BCUT2D eigenvalue weighted by atomic mass is 10.1. The summed E-state index contributed by atoms with van der Waals surface area (Å²) in [6.45, 7) is 1.83. The van der Waals surface area contributed by atoms with E-state index in [0.717, 1.165) is 11.1 Å². The van der Waals surface area contributed by atoms with E-state index in [-0.39, 0.29) is 30.9 Å². The van der Waals surface area contributed by atoms with Gasteiger partial charge in [0, 0.05) is 31.5 Å². The highest BCUT2D eigenvalue weighted by Gasteiger charge is 2.24. The van der Waals surface area contributed by atoms with Crippen LogP contribution < -0.4 is 0 Å². The van der Waals surface area contributed by atoms with Crippen molar-refractivity contribution in [2.45, 2.75) is 13.5 Å². The van der Waals surface area contributed by atoms with E-state index in [1.807, 2.05) is 0 Å². The number of hydrogen-bond donors (Lipinski definition) is 1. The summed E-state index contributed by atoms with van der Waals surface area (Å²) >= 11 is 0. The predicted molar refractivity (Wildman–Crippen MR) is 83.9 cm³/mol. The Morgan fingerprint density at radius 2 is 2.17 bits per heavy atom. The second kappa shape index (κ2) is 7.46. The first-order valence-corrected chi connectivity index (χ1v) is 7.07. The van der Waals surface area contributed by atoms with Crippen molar-refractivity contribution in [1.82, 2.24) is 9.88 Å². The maximum Gasteiger partial charge on any atom is 0.282 e. The Morgan fingerprint density at radius 1 is 1.39 bits per heavy atom. The molecule has 0 saturated heterocycles. The Labute approximate surface area is 133 Å². The highest BCUT2D eigenvalue weighted by atomic mass is 16.6. The molecule has 7 heteroatoms. The normalized spacial score (nSPS) is 10.3. The number of carbonyl (C=O) groups excluding carboxylic acids is 1. The highest BCUT2D eigenvalue weighted by molar-refractivity contribution is 5.98. The zero-order valence-corrected chi connectivity index (χ0v) is 12.7. The number of aliphatic hydroxyl groups is 1. The van der Waals surface area contributed by atoms with Gasteiger partial charge < -0.3 is 10.0 Å². The molecule has 0 unspecified atom stereocenters. The summed E-state index contributed by atoms with van der Waals surface area (Å²) in [7, 11) is 0. The first-order valence-electron chi connectivity index (χ1n) is 7.07. The van der Waals surface area contributed by atoms with Crippen LogP contribution >= 0.6 is 0 Å². The number of carbonyl (C=O) groups is 1. The van der Waals surface area contributed by atoms with E-state index >= 15 is 0 Å². The fourth-order valence-corrected chi connectivity index (χ4v) is 2.24. The minimum Gasteiger partial charge on any atom is -0.395 e. The molecule has 0 fully saturated rings. The third kappa shape index (κ3) is 4.10. The Hall–Kier alpha value is -2.80. The number of amides is 1. The first kappa shape index (κ1) is 16.6. The lowest BCUT2D eigenvalue weighted by Gasteiger charge is -2.22. The lowest BCUT2D eigenvalue weighted by molar-refractivity contribution is -0.385. The van der Waals surface area contributed by atoms with Crippen molar-refractivity contribution in [3.05, 3.63) is 69.5 Å². The molecule has 1 heterocycles. The molecule has 0 aliphatic carbocycles. The number of nitrogens with zero attached hydrogens (tertiary/aromatic N) is 3. The smallest absolute Gasteiger partial charge is 0.282 e. The third-order valence-electron chi connectivity index (χ3n) is 3.33. The molecule has 0 saturated carbocycles. The van der Waals surface area contributed by atoms with Gasteiger partial charge in [-0.15, -0.1) is 0 Å². The molecule has 0 spiro atoms. The van der Waals surface area contributed by atoms with E-state index in [2.05, 4.69) is 4.98 Å². The van der Waals surface area contributed by atoms with Crippen molar-refractivity contribution in [3.63, 3.8) is 0 Å². The number of pyridine rings is 1. The number of aryl methyl sites for hydroxylation is 1. The van der Waals surface area contributed by atoms with Crippen molar-refractivity contribution in [2.24, 2.45) is 0 Å². The number of aliphatic hydroxyl groups excluding tert-OH is 1. The molecule has 1 amide bonds. The topological polar surface area (TPSA) is 96.6 Å². The van der Waals surface area contributed by atoms with Gasteiger partial charge in [-0.25, -0.2) is 0 Å². The maximum absolute atomic E-state index is 12.7. The number of hydrogen-bond acceptors (Lipinski definition) is 5. The maximum atomic E-state index is 12.7. The molecule has 1 aromatic heterocycles. The van der Waals surface area contributed by atoms with Gasteiger partial charge in [-0.3, -0.25) is 19.9 Å². The monoisotopic (exact) mass is 315 g/mol. The first-order chi connectivity index (χ1) is 11.0. The van der Waals surface area contributed by atoms with Crippen LogP contribution in [0.4, 0.5) is 5.69 Å². The van der Waals surface area contributed by atoms with E-state index in [4.69, 9.17) is 0 Å². The van der Waals surface area contributed by atoms with Gasteiger partial charge in [0.05, 0.1) is 11.5 Å². The van der Waals surface area contributed by atoms with E-state index < -0.39 is 10.8 Å². The standard InChI is InChI=1S/C16H17N3O4/c1-12-4-5-15(19(22)23)14(9-12)16(21)18(7-8-20)11-13-3-2-6-17-10-13/h2-6,9-10,20H,7-8,11H2,1H3. The number of nitro benzene ring substituents is 1. The fraction of sp³-hybridized carbons (Fsp3) is 0.250. The highest BCUT2D eigenvalue weighted by Crippen LogP contribution is 2.22. The van der Waals surface area contributed by atoms with E-state index in [1.165, 1.54) is 17.0 Å². The molecule has 0 aliphatic heterocycles. The molecule has 2 aromatic rings. The molecular formula is C16H17N3O4. The van der Waals surface area contributed by atoms with Gasteiger partial charge in [-0.2, -0.15) is 0 Å². The molecule has 0 radical (unpaired) electrons. The molecular weight excluding hydrogens is 298 g/mol. The Bertz CT molecular complexity index is 704. The molecule has 1 N–H and O–H groups in total. The molecule has 2 rings (SSSR count). The largest absolute Gasteiger partial charge is 0.395 e. The van der Waals surface area contributed by atoms with Crippen LogP contribution in [0, 0.1) is 17.0 Å². The Kier molecular flexibility index (Phi) is 5.37. The van der Waals surface area contributed by atoms with Gasteiger partial charge in [0.1, 0.15) is 5.56 Å². The van der Waals surface area contributed by atoms with Crippen LogP contribution in [0.25, 0.3) is 0 Å². The quantitative estimate of drug-likeness (QED) is 0.649. The van der Waals surface area contributed by atoms with Crippen molar-refractivity contribution in [3.8, 4) is 0 Å². The summed E-state index contributed by atoms with van der Waals surface area (Å²) in [6, 6.07) is 7.95. The van der Waals surface area contributed by atoms with Crippen molar-refractivity contribution in [2.75, 3.05) is 13.2 Å². The minimum absolute atomic E-state index is 0.0207. The van der Waals surface area contributed by atoms with Gasteiger partial charge in [-0.1, -0.05) is 12.1 Å². The van der Waals surface area contributed by atoms with Crippen molar-refractivity contribution >= 4 is 11.6 Å². The van der Waals surface area contributed by atoms with E-state index in [0.29, 0.717) is 0 Å². The Balaban J connectivity index is 2.34. The molecule has 120 valence electrons. The summed E-state index contributed by atoms with van der Waals surface area (Å²) in [6.07, 6.45) is 3.23. The van der Waals surface area contributed by atoms with Gasteiger partial charge in [0.2, 0.25) is 0 Å². The van der Waals surface area contributed by atoms with Crippen LogP contribution in [0.5, 0.6) is 0 Å². The average molecular weight is 315 g/mol. The number of benzene rings is 1.